The fraction of sp³-hybridized carbons (Fsp3) is 0.750. The topological polar surface area (TPSA) is 0 Å². The van der Waals surface area contributed by atoms with Gasteiger partial charge in [-0.3, -0.25) is 0 Å². The molecule has 0 fully saturated rings. The lowest BCUT2D eigenvalue weighted by atomic mass is 10.0. The SMILES string of the molecule is C=C[C@H](CC)CCC(F)F. The Labute approximate surface area is 60.9 Å². The molecule has 0 N–H and O–H groups in total. The van der Waals surface area contributed by atoms with E-state index >= 15 is 0 Å². The number of halogens is 2. The van der Waals surface area contributed by atoms with Crippen LogP contribution < -0.4 is 0 Å². The largest absolute Gasteiger partial charge is 0.238 e. The van der Waals surface area contributed by atoms with Crippen molar-refractivity contribution in [2.75, 3.05) is 0 Å². The summed E-state index contributed by atoms with van der Waals surface area (Å²) in [6, 6.07) is 0. The summed E-state index contributed by atoms with van der Waals surface area (Å²) in [6.45, 7) is 5.55. The first kappa shape index (κ1) is 9.60. The van der Waals surface area contributed by atoms with Crippen LogP contribution in [-0.4, -0.2) is 6.43 Å². The van der Waals surface area contributed by atoms with E-state index < -0.39 is 6.43 Å². The van der Waals surface area contributed by atoms with E-state index in [0.29, 0.717) is 6.42 Å². The maximum absolute atomic E-state index is 11.6. The van der Waals surface area contributed by atoms with Gasteiger partial charge in [-0.1, -0.05) is 13.0 Å². The van der Waals surface area contributed by atoms with Gasteiger partial charge < -0.3 is 0 Å². The van der Waals surface area contributed by atoms with Gasteiger partial charge in [-0.05, 0) is 18.8 Å². The van der Waals surface area contributed by atoms with Crippen LogP contribution in [0.15, 0.2) is 12.7 Å². The zero-order chi connectivity index (χ0) is 7.98. The molecule has 0 rings (SSSR count). The molecule has 60 valence electrons. The number of allylic oxidation sites excluding steroid dienone is 1. The molecular formula is C8H14F2. The van der Waals surface area contributed by atoms with E-state index in [1.54, 1.807) is 6.08 Å². The lowest BCUT2D eigenvalue weighted by Crippen LogP contribution is -1.98. The molecule has 0 radical (unpaired) electrons. The van der Waals surface area contributed by atoms with Crippen molar-refractivity contribution >= 4 is 0 Å². The lowest BCUT2D eigenvalue weighted by Gasteiger charge is -2.07. The normalized spacial score (nSPS) is 13.6. The highest BCUT2D eigenvalue weighted by Gasteiger charge is 2.06. The summed E-state index contributed by atoms with van der Waals surface area (Å²) in [6.07, 6.45) is 1.08. The quantitative estimate of drug-likeness (QED) is 0.525. The van der Waals surface area contributed by atoms with E-state index in [2.05, 4.69) is 6.58 Å². The first-order valence-corrected chi connectivity index (χ1v) is 3.61. The van der Waals surface area contributed by atoms with E-state index in [-0.39, 0.29) is 12.3 Å². The summed E-state index contributed by atoms with van der Waals surface area (Å²) in [4.78, 5) is 0. The molecule has 0 saturated heterocycles. The Morgan fingerprint density at radius 2 is 2.00 bits per heavy atom. The van der Waals surface area contributed by atoms with Crippen molar-refractivity contribution in [3.05, 3.63) is 12.7 Å². The van der Waals surface area contributed by atoms with E-state index in [1.165, 1.54) is 0 Å². The molecule has 0 amide bonds. The lowest BCUT2D eigenvalue weighted by molar-refractivity contribution is 0.130. The number of hydrogen-bond acceptors (Lipinski definition) is 0. The Bertz CT molecular complexity index is 89.3. The van der Waals surface area contributed by atoms with Crippen molar-refractivity contribution < 1.29 is 8.78 Å². The molecule has 0 aliphatic carbocycles. The summed E-state index contributed by atoms with van der Waals surface area (Å²) < 4.78 is 23.3. The summed E-state index contributed by atoms with van der Waals surface area (Å²) in [7, 11) is 0. The molecule has 10 heavy (non-hydrogen) atoms. The molecular weight excluding hydrogens is 134 g/mol. The molecule has 0 unspecified atom stereocenters. The maximum atomic E-state index is 11.6. The van der Waals surface area contributed by atoms with Crippen LogP contribution in [0.25, 0.3) is 0 Å². The molecule has 0 heterocycles. The zero-order valence-corrected chi connectivity index (χ0v) is 6.32. The molecule has 0 aliphatic rings. The van der Waals surface area contributed by atoms with Gasteiger partial charge >= 0.3 is 0 Å². The Hall–Kier alpha value is -0.400. The summed E-state index contributed by atoms with van der Waals surface area (Å²) >= 11 is 0. The van der Waals surface area contributed by atoms with Crippen LogP contribution in [0.4, 0.5) is 8.78 Å². The monoisotopic (exact) mass is 148 g/mol. The predicted octanol–water partition coefficient (Wildman–Crippen LogP) is 3.24. The van der Waals surface area contributed by atoms with Gasteiger partial charge in [-0.25, -0.2) is 8.78 Å². The molecule has 1 atom stereocenters. The average Bonchev–Trinajstić information content (AvgIpc) is 1.90. The Morgan fingerprint density at radius 1 is 1.40 bits per heavy atom. The minimum atomic E-state index is -2.16. The van der Waals surface area contributed by atoms with Crippen LogP contribution >= 0.6 is 0 Å². The first-order valence-electron chi connectivity index (χ1n) is 3.61. The highest BCUT2D eigenvalue weighted by atomic mass is 19.3. The number of alkyl halides is 2. The molecule has 0 spiro atoms. The molecule has 0 saturated carbocycles. The van der Waals surface area contributed by atoms with Crippen molar-refractivity contribution in [2.45, 2.75) is 32.6 Å². The first-order chi connectivity index (χ1) is 4.70. The van der Waals surface area contributed by atoms with Gasteiger partial charge in [0, 0.05) is 6.42 Å². The summed E-state index contributed by atoms with van der Waals surface area (Å²) in [5, 5.41) is 0. The van der Waals surface area contributed by atoms with Gasteiger partial charge in [-0.15, -0.1) is 6.58 Å². The second kappa shape index (κ2) is 5.39. The van der Waals surface area contributed by atoms with Gasteiger partial charge in [0.25, 0.3) is 0 Å². The molecule has 0 aromatic carbocycles. The average molecular weight is 148 g/mol. The highest BCUT2D eigenvalue weighted by molar-refractivity contribution is 4.77. The van der Waals surface area contributed by atoms with E-state index in [0.717, 1.165) is 6.42 Å². The highest BCUT2D eigenvalue weighted by Crippen LogP contribution is 2.14. The van der Waals surface area contributed by atoms with Gasteiger partial charge in [0.1, 0.15) is 0 Å². The van der Waals surface area contributed by atoms with Gasteiger partial charge in [0.15, 0.2) is 0 Å². The van der Waals surface area contributed by atoms with Crippen LogP contribution in [0.2, 0.25) is 0 Å². The fourth-order valence-electron chi connectivity index (χ4n) is 0.829. The zero-order valence-electron chi connectivity index (χ0n) is 6.32. The molecule has 0 nitrogen and oxygen atoms in total. The Balaban J connectivity index is 3.34. The minimum absolute atomic E-state index is 0.00449. The second-order valence-corrected chi connectivity index (χ2v) is 2.37. The Kier molecular flexibility index (Phi) is 5.17. The van der Waals surface area contributed by atoms with E-state index in [4.69, 9.17) is 0 Å². The molecule has 0 aromatic heterocycles. The van der Waals surface area contributed by atoms with Crippen LogP contribution in [0.3, 0.4) is 0 Å². The minimum Gasteiger partial charge on any atom is -0.211 e. The van der Waals surface area contributed by atoms with Gasteiger partial charge in [-0.2, -0.15) is 0 Å². The van der Waals surface area contributed by atoms with Crippen LogP contribution in [0.5, 0.6) is 0 Å². The van der Waals surface area contributed by atoms with Crippen LogP contribution in [0, 0.1) is 5.92 Å². The summed E-state index contributed by atoms with van der Waals surface area (Å²) in [5.74, 6) is 0.272. The van der Waals surface area contributed by atoms with Crippen molar-refractivity contribution in [3.8, 4) is 0 Å². The second-order valence-electron chi connectivity index (χ2n) is 2.37. The van der Waals surface area contributed by atoms with E-state index in [9.17, 15) is 8.78 Å². The predicted molar refractivity (Wildman–Crippen MR) is 39.2 cm³/mol. The molecule has 2 heteroatoms. The third-order valence-corrected chi connectivity index (χ3v) is 1.61. The van der Waals surface area contributed by atoms with Crippen LogP contribution in [-0.2, 0) is 0 Å². The van der Waals surface area contributed by atoms with Crippen molar-refractivity contribution in [1.29, 1.82) is 0 Å². The van der Waals surface area contributed by atoms with Gasteiger partial charge in [0.05, 0.1) is 0 Å². The molecule has 0 bridgehead atoms. The molecule has 0 aliphatic heterocycles. The van der Waals surface area contributed by atoms with Gasteiger partial charge in [0.2, 0.25) is 6.43 Å². The van der Waals surface area contributed by atoms with Crippen molar-refractivity contribution in [3.63, 3.8) is 0 Å². The fourth-order valence-corrected chi connectivity index (χ4v) is 0.829. The smallest absolute Gasteiger partial charge is 0.211 e. The maximum Gasteiger partial charge on any atom is 0.238 e. The van der Waals surface area contributed by atoms with E-state index in [1.807, 2.05) is 6.92 Å². The van der Waals surface area contributed by atoms with Crippen molar-refractivity contribution in [1.82, 2.24) is 0 Å². The number of rotatable bonds is 5. The third kappa shape index (κ3) is 4.48. The standard InChI is InChI=1S/C8H14F2/c1-3-7(4-2)5-6-8(9)10/h3,7-8H,1,4-6H2,2H3/t7-/m1/s1. The third-order valence-electron chi connectivity index (χ3n) is 1.61. The Morgan fingerprint density at radius 3 is 2.30 bits per heavy atom. The molecule has 0 aromatic rings. The number of hydrogen-bond donors (Lipinski definition) is 0. The summed E-state index contributed by atoms with van der Waals surface area (Å²) in [5.41, 5.74) is 0. The van der Waals surface area contributed by atoms with Crippen LogP contribution in [0.1, 0.15) is 26.2 Å². The van der Waals surface area contributed by atoms with Crippen molar-refractivity contribution in [2.24, 2.45) is 5.92 Å².